The highest BCUT2D eigenvalue weighted by Gasteiger charge is 2.18. The Morgan fingerprint density at radius 2 is 1.95 bits per heavy atom. The van der Waals surface area contributed by atoms with Gasteiger partial charge in [0.2, 0.25) is 9.47 Å². The molecular formula is C9H6ClN3O4S2. The predicted molar refractivity (Wildman–Crippen MR) is 69.0 cm³/mol. The Morgan fingerprint density at radius 3 is 2.53 bits per heavy atom. The molecule has 0 radical (unpaired) electrons. The van der Waals surface area contributed by atoms with E-state index in [9.17, 15) is 13.2 Å². The number of nitrogens with one attached hydrogen (secondary N) is 1. The zero-order valence-corrected chi connectivity index (χ0v) is 11.5. The Balaban J connectivity index is 2.02. The van der Waals surface area contributed by atoms with Crippen molar-refractivity contribution in [3.63, 3.8) is 0 Å². The van der Waals surface area contributed by atoms with Crippen LogP contribution in [0, 0.1) is 0 Å². The van der Waals surface area contributed by atoms with Gasteiger partial charge in [-0.05, 0) is 12.1 Å². The second-order valence-electron chi connectivity index (χ2n) is 3.14. The van der Waals surface area contributed by atoms with Crippen LogP contribution >= 0.6 is 22.0 Å². The van der Waals surface area contributed by atoms with E-state index in [-0.39, 0.29) is 5.13 Å². The SMILES string of the molecule is O=C(Nc1nnc(S(=O)(=O)Cl)s1)Oc1ccccc1. The summed E-state index contributed by atoms with van der Waals surface area (Å²) >= 11 is 0.625. The summed E-state index contributed by atoms with van der Waals surface area (Å²) < 4.78 is 26.4. The number of halogens is 1. The molecule has 2 aromatic rings. The molecule has 10 heteroatoms. The van der Waals surface area contributed by atoms with E-state index in [1.54, 1.807) is 30.3 Å². The average Bonchev–Trinajstić information content (AvgIpc) is 2.78. The first-order valence-electron chi connectivity index (χ1n) is 4.77. The molecule has 100 valence electrons. The fourth-order valence-electron chi connectivity index (χ4n) is 1.07. The normalized spacial score (nSPS) is 11.0. The van der Waals surface area contributed by atoms with Gasteiger partial charge in [0.25, 0.3) is 9.05 Å². The largest absolute Gasteiger partial charge is 0.418 e. The van der Waals surface area contributed by atoms with Gasteiger partial charge in [-0.15, -0.1) is 10.2 Å². The number of carbonyl (C=O) groups excluding carboxylic acids is 1. The van der Waals surface area contributed by atoms with Crippen molar-refractivity contribution in [2.24, 2.45) is 0 Å². The van der Waals surface area contributed by atoms with Crippen LogP contribution < -0.4 is 10.1 Å². The highest BCUT2D eigenvalue weighted by atomic mass is 35.7. The zero-order chi connectivity index (χ0) is 13.9. The number of para-hydroxylation sites is 1. The first-order valence-corrected chi connectivity index (χ1v) is 7.90. The first-order chi connectivity index (χ1) is 8.95. The number of rotatable bonds is 3. The van der Waals surface area contributed by atoms with Crippen LogP contribution in [-0.2, 0) is 9.05 Å². The minimum absolute atomic E-state index is 0.0276. The number of hydrogen-bond donors (Lipinski definition) is 1. The van der Waals surface area contributed by atoms with Crippen LogP contribution in [0.4, 0.5) is 9.93 Å². The van der Waals surface area contributed by atoms with Crippen molar-refractivity contribution < 1.29 is 17.9 Å². The molecule has 0 aliphatic carbocycles. The van der Waals surface area contributed by atoms with Crippen molar-refractivity contribution >= 4 is 42.3 Å². The molecule has 0 aliphatic heterocycles. The Bertz CT molecular complexity index is 687. The molecule has 19 heavy (non-hydrogen) atoms. The maximum atomic E-state index is 11.5. The molecule has 1 aromatic heterocycles. The van der Waals surface area contributed by atoms with Crippen LogP contribution in [0.15, 0.2) is 34.7 Å². The molecule has 1 N–H and O–H groups in total. The van der Waals surface area contributed by atoms with E-state index < -0.39 is 19.5 Å². The van der Waals surface area contributed by atoms with E-state index in [2.05, 4.69) is 15.5 Å². The summed E-state index contributed by atoms with van der Waals surface area (Å²) in [6.07, 6.45) is -0.805. The van der Waals surface area contributed by atoms with E-state index in [1.807, 2.05) is 0 Å². The number of amides is 1. The van der Waals surface area contributed by atoms with Gasteiger partial charge in [0.1, 0.15) is 5.75 Å². The zero-order valence-electron chi connectivity index (χ0n) is 9.11. The maximum absolute atomic E-state index is 11.5. The molecule has 0 bridgehead atoms. The van der Waals surface area contributed by atoms with Crippen LogP contribution in [0.25, 0.3) is 0 Å². The van der Waals surface area contributed by atoms with Crippen molar-refractivity contribution in [2.45, 2.75) is 4.34 Å². The van der Waals surface area contributed by atoms with Crippen molar-refractivity contribution in [3.8, 4) is 5.75 Å². The maximum Gasteiger partial charge on any atom is 0.418 e. The van der Waals surface area contributed by atoms with Gasteiger partial charge in [-0.2, -0.15) is 0 Å². The van der Waals surface area contributed by atoms with Crippen molar-refractivity contribution in [2.75, 3.05) is 5.32 Å². The molecule has 0 unspecified atom stereocenters. The summed E-state index contributed by atoms with van der Waals surface area (Å²) in [5.41, 5.74) is 0. The van der Waals surface area contributed by atoms with Crippen molar-refractivity contribution in [1.29, 1.82) is 0 Å². The molecule has 0 aliphatic rings. The Labute approximate surface area is 116 Å². The van der Waals surface area contributed by atoms with Gasteiger partial charge in [0.05, 0.1) is 0 Å². The van der Waals surface area contributed by atoms with Crippen molar-refractivity contribution in [1.82, 2.24) is 10.2 Å². The van der Waals surface area contributed by atoms with Crippen LogP contribution in [0.2, 0.25) is 0 Å². The molecular weight excluding hydrogens is 314 g/mol. The van der Waals surface area contributed by atoms with Gasteiger partial charge in [-0.3, -0.25) is 5.32 Å². The summed E-state index contributed by atoms with van der Waals surface area (Å²) in [6.45, 7) is 0. The van der Waals surface area contributed by atoms with Crippen LogP contribution in [-0.4, -0.2) is 24.7 Å². The molecule has 0 saturated heterocycles. The number of anilines is 1. The van der Waals surface area contributed by atoms with E-state index >= 15 is 0 Å². The number of hydrogen-bond acceptors (Lipinski definition) is 7. The number of carbonyl (C=O) groups is 1. The van der Waals surface area contributed by atoms with Gasteiger partial charge >= 0.3 is 6.09 Å². The Kier molecular flexibility index (Phi) is 3.98. The highest BCUT2D eigenvalue weighted by Crippen LogP contribution is 2.23. The standard InChI is InChI=1S/C9H6ClN3O4S2/c10-19(15,16)9-13-12-7(18-9)11-8(14)17-6-4-2-1-3-5-6/h1-5H,(H,11,12,14). The minimum Gasteiger partial charge on any atom is -0.410 e. The molecule has 1 heterocycles. The third-order valence-electron chi connectivity index (χ3n) is 1.78. The number of nitrogens with zero attached hydrogens (tertiary/aromatic N) is 2. The van der Waals surface area contributed by atoms with Crippen molar-refractivity contribution in [3.05, 3.63) is 30.3 Å². The molecule has 1 amide bonds. The number of benzene rings is 1. The first kappa shape index (κ1) is 13.7. The summed E-state index contributed by atoms with van der Waals surface area (Å²) in [5.74, 6) is 0.342. The molecule has 0 saturated carbocycles. The monoisotopic (exact) mass is 319 g/mol. The topological polar surface area (TPSA) is 98.3 Å². The quantitative estimate of drug-likeness (QED) is 0.687. The average molecular weight is 320 g/mol. The Hall–Kier alpha value is -1.71. The summed E-state index contributed by atoms with van der Waals surface area (Å²) in [6, 6.07) is 8.35. The lowest BCUT2D eigenvalue weighted by molar-refractivity contribution is 0.215. The molecule has 0 fully saturated rings. The number of aromatic nitrogens is 2. The van der Waals surface area contributed by atoms with E-state index in [4.69, 9.17) is 15.4 Å². The predicted octanol–water partition coefficient (Wildman–Crippen LogP) is 2.08. The van der Waals surface area contributed by atoms with Gasteiger partial charge in [0.15, 0.2) is 0 Å². The van der Waals surface area contributed by atoms with Gasteiger partial charge in [0, 0.05) is 10.7 Å². The van der Waals surface area contributed by atoms with E-state index in [0.717, 1.165) is 0 Å². The van der Waals surface area contributed by atoms with Gasteiger partial charge in [-0.25, -0.2) is 13.2 Å². The van der Waals surface area contributed by atoms with Crippen LogP contribution in [0.3, 0.4) is 0 Å². The molecule has 2 rings (SSSR count). The smallest absolute Gasteiger partial charge is 0.410 e. The highest BCUT2D eigenvalue weighted by molar-refractivity contribution is 8.15. The summed E-state index contributed by atoms with van der Waals surface area (Å²) in [7, 11) is 1.12. The minimum atomic E-state index is -3.95. The second-order valence-corrected chi connectivity index (χ2v) is 6.86. The third-order valence-corrected chi connectivity index (χ3v) is 4.53. The van der Waals surface area contributed by atoms with Gasteiger partial charge < -0.3 is 4.74 Å². The molecule has 0 spiro atoms. The fraction of sp³-hybridized carbons (Fsp3) is 0. The summed E-state index contributed by atoms with van der Waals surface area (Å²) in [4.78, 5) is 11.5. The Morgan fingerprint density at radius 1 is 1.26 bits per heavy atom. The number of ether oxygens (including phenoxy) is 1. The third kappa shape index (κ3) is 3.88. The van der Waals surface area contributed by atoms with Crippen LogP contribution in [0.1, 0.15) is 0 Å². The lowest BCUT2D eigenvalue weighted by Crippen LogP contribution is -2.16. The second kappa shape index (κ2) is 5.51. The van der Waals surface area contributed by atoms with Crippen LogP contribution in [0.5, 0.6) is 5.75 Å². The lowest BCUT2D eigenvalue weighted by atomic mass is 10.3. The molecule has 1 aromatic carbocycles. The molecule has 7 nitrogen and oxygen atoms in total. The van der Waals surface area contributed by atoms with Gasteiger partial charge in [-0.1, -0.05) is 29.5 Å². The fourth-order valence-corrected chi connectivity index (χ4v) is 2.68. The van der Waals surface area contributed by atoms with E-state index in [0.29, 0.717) is 17.1 Å². The van der Waals surface area contributed by atoms with E-state index in [1.165, 1.54) is 0 Å². The lowest BCUT2D eigenvalue weighted by Gasteiger charge is -2.02. The molecule has 0 atom stereocenters. The summed E-state index contributed by atoms with van der Waals surface area (Å²) in [5, 5.41) is 9.00.